The average molecular weight is 246 g/mol. The van der Waals surface area contributed by atoms with E-state index in [9.17, 15) is 4.79 Å². The molecule has 0 radical (unpaired) electrons. The van der Waals surface area contributed by atoms with Gasteiger partial charge in [-0.1, -0.05) is 35.3 Å². The summed E-state index contributed by atoms with van der Waals surface area (Å²) in [6, 6.07) is 4.43. The van der Waals surface area contributed by atoms with Crippen molar-refractivity contribution >= 4 is 29.2 Å². The van der Waals surface area contributed by atoms with Crippen molar-refractivity contribution in [1.82, 2.24) is 0 Å². The van der Waals surface area contributed by atoms with E-state index in [1.54, 1.807) is 18.2 Å². The van der Waals surface area contributed by atoms with Gasteiger partial charge in [0.2, 0.25) is 0 Å². The van der Waals surface area contributed by atoms with E-state index >= 15 is 0 Å². The molecule has 0 amide bonds. The van der Waals surface area contributed by atoms with Crippen molar-refractivity contribution in [2.24, 2.45) is 5.73 Å². The number of carboxylic acid groups (broad SMARTS) is 1. The maximum absolute atomic E-state index is 10.3. The maximum Gasteiger partial charge on any atom is 0.328 e. The van der Waals surface area contributed by atoms with Crippen molar-refractivity contribution in [1.29, 1.82) is 0 Å². The molecule has 1 aromatic rings. The Morgan fingerprint density at radius 3 is 2.60 bits per heavy atom. The fraction of sp³-hybridized carbons (Fsp3) is 0.100. The van der Waals surface area contributed by atoms with Gasteiger partial charge in [-0.25, -0.2) is 4.79 Å². The highest BCUT2D eigenvalue weighted by Crippen LogP contribution is 2.25. The van der Waals surface area contributed by atoms with Gasteiger partial charge >= 0.3 is 5.97 Å². The predicted molar refractivity (Wildman–Crippen MR) is 60.2 cm³/mol. The number of hydrogen-bond donors (Lipinski definition) is 2. The van der Waals surface area contributed by atoms with E-state index in [0.717, 1.165) is 6.08 Å². The first-order chi connectivity index (χ1) is 7.00. The van der Waals surface area contributed by atoms with Gasteiger partial charge in [0.05, 0.1) is 10.0 Å². The number of rotatable bonds is 3. The molecule has 1 rings (SSSR count). The molecule has 5 heteroatoms. The molecule has 3 nitrogen and oxygen atoms in total. The van der Waals surface area contributed by atoms with Gasteiger partial charge in [0.25, 0.3) is 0 Å². The minimum Gasteiger partial charge on any atom is -0.478 e. The van der Waals surface area contributed by atoms with Gasteiger partial charge in [-0.3, -0.25) is 0 Å². The minimum atomic E-state index is -1.04. The first-order valence-electron chi connectivity index (χ1n) is 4.12. The molecule has 0 aliphatic heterocycles. The van der Waals surface area contributed by atoms with Crippen molar-refractivity contribution in [3.8, 4) is 0 Å². The second-order valence-corrected chi connectivity index (χ2v) is 3.71. The van der Waals surface area contributed by atoms with Crippen LogP contribution >= 0.6 is 23.2 Å². The van der Waals surface area contributed by atoms with Crippen LogP contribution in [0, 0.1) is 0 Å². The van der Waals surface area contributed by atoms with E-state index in [4.69, 9.17) is 34.0 Å². The number of halogens is 2. The fourth-order valence-corrected chi connectivity index (χ4v) is 1.32. The molecule has 0 bridgehead atoms. The van der Waals surface area contributed by atoms with Gasteiger partial charge in [0, 0.05) is 12.1 Å². The summed E-state index contributed by atoms with van der Waals surface area (Å²) >= 11 is 11.5. The summed E-state index contributed by atoms with van der Waals surface area (Å²) in [5.41, 5.74) is 6.42. The Morgan fingerprint density at radius 2 is 2.07 bits per heavy atom. The molecule has 0 spiro atoms. The number of carbonyl (C=O) groups is 1. The van der Waals surface area contributed by atoms with Gasteiger partial charge in [-0.2, -0.15) is 0 Å². The standard InChI is InChI=1S/C10H9Cl2NO2/c11-7-2-1-6(5-8(7)12)9(13)3-4-10(14)15/h1-5,9H,13H2,(H,14,15)/b4-3+. The number of benzene rings is 1. The van der Waals surface area contributed by atoms with Gasteiger partial charge in [0.15, 0.2) is 0 Å². The molecule has 80 valence electrons. The quantitative estimate of drug-likeness (QED) is 0.806. The van der Waals surface area contributed by atoms with Gasteiger partial charge in [-0.15, -0.1) is 0 Å². The van der Waals surface area contributed by atoms with Crippen LogP contribution < -0.4 is 5.73 Å². The maximum atomic E-state index is 10.3. The van der Waals surface area contributed by atoms with E-state index < -0.39 is 12.0 Å². The van der Waals surface area contributed by atoms with Gasteiger partial charge in [0.1, 0.15) is 0 Å². The predicted octanol–water partition coefficient (Wildman–Crippen LogP) is 2.63. The van der Waals surface area contributed by atoms with Crippen molar-refractivity contribution < 1.29 is 9.90 Å². The van der Waals surface area contributed by atoms with Gasteiger partial charge in [-0.05, 0) is 17.7 Å². The molecule has 0 aromatic heterocycles. The van der Waals surface area contributed by atoms with Crippen LogP contribution in [0.4, 0.5) is 0 Å². The van der Waals surface area contributed by atoms with Crippen molar-refractivity contribution in [3.05, 3.63) is 46.0 Å². The molecule has 0 saturated heterocycles. The third-order valence-corrected chi connectivity index (χ3v) is 2.51. The number of carboxylic acids is 1. The first kappa shape index (κ1) is 12.0. The summed E-state index contributed by atoms with van der Waals surface area (Å²) in [5.74, 6) is -1.04. The van der Waals surface area contributed by atoms with E-state index in [2.05, 4.69) is 0 Å². The average Bonchev–Trinajstić information content (AvgIpc) is 2.18. The van der Waals surface area contributed by atoms with E-state index in [-0.39, 0.29) is 0 Å². The Labute approximate surface area is 97.1 Å². The highest BCUT2D eigenvalue weighted by molar-refractivity contribution is 6.42. The molecule has 1 unspecified atom stereocenters. The molecular weight excluding hydrogens is 237 g/mol. The van der Waals surface area contributed by atoms with Crippen LogP contribution in [0.25, 0.3) is 0 Å². The zero-order chi connectivity index (χ0) is 11.4. The molecule has 0 aliphatic carbocycles. The zero-order valence-corrected chi connectivity index (χ0v) is 9.16. The Bertz CT molecular complexity index is 404. The Kier molecular flexibility index (Phi) is 4.15. The summed E-state index contributed by atoms with van der Waals surface area (Å²) in [6.07, 6.45) is 2.37. The largest absolute Gasteiger partial charge is 0.478 e. The lowest BCUT2D eigenvalue weighted by Gasteiger charge is -2.07. The SMILES string of the molecule is NC(/C=C/C(=O)O)c1ccc(Cl)c(Cl)c1. The third kappa shape index (κ3) is 3.55. The normalized spacial score (nSPS) is 13.0. The number of hydrogen-bond acceptors (Lipinski definition) is 2. The Morgan fingerprint density at radius 1 is 1.40 bits per heavy atom. The monoisotopic (exact) mass is 245 g/mol. The molecule has 3 N–H and O–H groups in total. The van der Waals surface area contributed by atoms with Crippen molar-refractivity contribution in [2.75, 3.05) is 0 Å². The number of nitrogens with two attached hydrogens (primary N) is 1. The van der Waals surface area contributed by atoms with Crippen LogP contribution in [-0.4, -0.2) is 11.1 Å². The van der Waals surface area contributed by atoms with Gasteiger partial charge < -0.3 is 10.8 Å². The Hall–Kier alpha value is -1.03. The summed E-state index contributed by atoms with van der Waals surface area (Å²) in [5, 5.41) is 9.25. The lowest BCUT2D eigenvalue weighted by atomic mass is 10.1. The van der Waals surface area contributed by atoms with Crippen molar-refractivity contribution in [3.63, 3.8) is 0 Å². The lowest BCUT2D eigenvalue weighted by Crippen LogP contribution is -2.07. The molecule has 15 heavy (non-hydrogen) atoms. The van der Waals surface area contributed by atoms with Crippen molar-refractivity contribution in [2.45, 2.75) is 6.04 Å². The smallest absolute Gasteiger partial charge is 0.328 e. The second kappa shape index (κ2) is 5.16. The molecule has 0 heterocycles. The van der Waals surface area contributed by atoms with Crippen LogP contribution in [0.1, 0.15) is 11.6 Å². The summed E-state index contributed by atoms with van der Waals surface area (Å²) in [7, 11) is 0. The van der Waals surface area contributed by atoms with Crippen LogP contribution in [0.5, 0.6) is 0 Å². The van der Waals surface area contributed by atoms with E-state index in [1.807, 2.05) is 0 Å². The Balaban J connectivity index is 2.87. The highest BCUT2D eigenvalue weighted by atomic mass is 35.5. The molecule has 1 atom stereocenters. The van der Waals surface area contributed by atoms with Crippen LogP contribution in [-0.2, 0) is 4.79 Å². The molecule has 0 saturated carbocycles. The number of aliphatic carboxylic acids is 1. The first-order valence-corrected chi connectivity index (χ1v) is 4.88. The fourth-order valence-electron chi connectivity index (χ4n) is 1.02. The summed E-state index contributed by atoms with van der Waals surface area (Å²) < 4.78 is 0. The molecular formula is C10H9Cl2NO2. The lowest BCUT2D eigenvalue weighted by molar-refractivity contribution is -0.131. The topological polar surface area (TPSA) is 63.3 Å². The molecule has 0 fully saturated rings. The summed E-state index contributed by atoms with van der Waals surface area (Å²) in [6.45, 7) is 0. The van der Waals surface area contributed by atoms with Crippen LogP contribution in [0.3, 0.4) is 0 Å². The second-order valence-electron chi connectivity index (χ2n) is 2.90. The molecule has 0 aliphatic rings. The minimum absolute atomic E-state index is 0.397. The highest BCUT2D eigenvalue weighted by Gasteiger charge is 2.05. The van der Waals surface area contributed by atoms with Crippen LogP contribution in [0.15, 0.2) is 30.4 Å². The zero-order valence-electron chi connectivity index (χ0n) is 7.65. The summed E-state index contributed by atoms with van der Waals surface area (Å²) in [4.78, 5) is 10.3. The molecule has 1 aromatic carbocycles. The van der Waals surface area contributed by atoms with E-state index in [1.165, 1.54) is 6.08 Å². The van der Waals surface area contributed by atoms with Crippen LogP contribution in [0.2, 0.25) is 10.0 Å². The van der Waals surface area contributed by atoms with E-state index in [0.29, 0.717) is 15.6 Å². The third-order valence-electron chi connectivity index (χ3n) is 1.77.